The molecule has 3 aromatic rings. The number of rotatable bonds is 5. The lowest BCUT2D eigenvalue weighted by molar-refractivity contribution is 0.294. The first-order valence-electron chi connectivity index (χ1n) is 7.20. The van der Waals surface area contributed by atoms with Crippen molar-refractivity contribution in [2.45, 2.75) is 6.61 Å². The number of nitrogens with zero attached hydrogens (tertiary/aromatic N) is 3. The van der Waals surface area contributed by atoms with E-state index >= 15 is 0 Å². The minimum absolute atomic E-state index is 0.431. The first kappa shape index (κ1) is 16.0. The van der Waals surface area contributed by atoms with Crippen molar-refractivity contribution >= 4 is 27.6 Å². The van der Waals surface area contributed by atoms with E-state index in [1.165, 1.54) is 0 Å². The van der Waals surface area contributed by atoms with Crippen LogP contribution in [0.2, 0.25) is 0 Å². The van der Waals surface area contributed by atoms with E-state index in [1.807, 2.05) is 24.3 Å². The summed E-state index contributed by atoms with van der Waals surface area (Å²) in [7, 11) is 0. The number of anilines is 2. The molecule has 2 aromatic carbocycles. The van der Waals surface area contributed by atoms with Gasteiger partial charge >= 0.3 is 0 Å². The molecule has 0 aliphatic heterocycles. The van der Waals surface area contributed by atoms with Crippen LogP contribution < -0.4 is 10.1 Å². The van der Waals surface area contributed by atoms with Crippen molar-refractivity contribution in [3.05, 3.63) is 76.4 Å². The molecule has 0 aliphatic rings. The van der Waals surface area contributed by atoms with Gasteiger partial charge in [0, 0.05) is 22.4 Å². The molecule has 0 spiro atoms. The van der Waals surface area contributed by atoms with Gasteiger partial charge in [-0.05, 0) is 42.0 Å². The van der Waals surface area contributed by atoms with Crippen molar-refractivity contribution in [1.29, 1.82) is 5.26 Å². The normalized spacial score (nSPS) is 10.0. The van der Waals surface area contributed by atoms with Crippen LogP contribution in [0.5, 0.6) is 5.88 Å². The van der Waals surface area contributed by atoms with Crippen LogP contribution in [0.25, 0.3) is 0 Å². The Bertz CT molecular complexity index is 857. The molecule has 0 radical (unpaired) electrons. The van der Waals surface area contributed by atoms with Crippen LogP contribution in [-0.2, 0) is 6.61 Å². The van der Waals surface area contributed by atoms with Crippen LogP contribution in [0.15, 0.2) is 65.3 Å². The molecule has 0 atom stereocenters. The summed E-state index contributed by atoms with van der Waals surface area (Å²) in [6.07, 6.45) is 1.63. The third-order valence-corrected chi connectivity index (χ3v) is 3.73. The second-order valence-electron chi connectivity index (χ2n) is 4.95. The van der Waals surface area contributed by atoms with E-state index in [4.69, 9.17) is 10.00 Å². The van der Waals surface area contributed by atoms with Gasteiger partial charge in [0.05, 0.1) is 11.6 Å². The molecule has 5 nitrogen and oxygen atoms in total. The third-order valence-electron chi connectivity index (χ3n) is 3.20. The molecule has 0 unspecified atom stereocenters. The van der Waals surface area contributed by atoms with Gasteiger partial charge in [-0.15, -0.1) is 0 Å². The van der Waals surface area contributed by atoms with Crippen molar-refractivity contribution < 1.29 is 4.74 Å². The van der Waals surface area contributed by atoms with E-state index in [9.17, 15) is 0 Å². The minimum atomic E-state index is 0.431. The van der Waals surface area contributed by atoms with Crippen molar-refractivity contribution in [2.24, 2.45) is 0 Å². The monoisotopic (exact) mass is 380 g/mol. The third kappa shape index (κ3) is 4.31. The van der Waals surface area contributed by atoms with E-state index in [-0.39, 0.29) is 0 Å². The van der Waals surface area contributed by atoms with Gasteiger partial charge in [-0.25, -0.2) is 4.98 Å². The van der Waals surface area contributed by atoms with E-state index < -0.39 is 0 Å². The topological polar surface area (TPSA) is 70.8 Å². The molecule has 0 fully saturated rings. The van der Waals surface area contributed by atoms with Crippen LogP contribution >= 0.6 is 15.9 Å². The Kier molecular flexibility index (Phi) is 5.04. The molecule has 24 heavy (non-hydrogen) atoms. The van der Waals surface area contributed by atoms with Gasteiger partial charge in [0.15, 0.2) is 0 Å². The van der Waals surface area contributed by atoms with Gasteiger partial charge in [-0.1, -0.05) is 28.1 Å². The van der Waals surface area contributed by atoms with Crippen LogP contribution in [0.1, 0.15) is 11.1 Å². The first-order chi connectivity index (χ1) is 11.7. The molecule has 118 valence electrons. The van der Waals surface area contributed by atoms with Crippen molar-refractivity contribution in [3.63, 3.8) is 0 Å². The fraction of sp³-hybridized carbons (Fsp3) is 0.0556. The average molecular weight is 381 g/mol. The summed E-state index contributed by atoms with van der Waals surface area (Å²) >= 11 is 3.40. The zero-order valence-electron chi connectivity index (χ0n) is 12.6. The number of aromatic nitrogens is 2. The van der Waals surface area contributed by atoms with Crippen molar-refractivity contribution in [2.75, 3.05) is 5.32 Å². The number of halogens is 1. The van der Waals surface area contributed by atoms with Crippen LogP contribution in [0.4, 0.5) is 11.6 Å². The fourth-order valence-corrected chi connectivity index (χ4v) is 2.24. The highest BCUT2D eigenvalue weighted by Gasteiger charge is 2.02. The Morgan fingerprint density at radius 2 is 1.79 bits per heavy atom. The van der Waals surface area contributed by atoms with Gasteiger partial charge in [0.1, 0.15) is 6.61 Å². The standard InChI is InChI=1S/C18H13BrN4O/c19-15-5-1-14(2-6-15)12-24-17-9-10-21-18(23-17)22-16-7-3-13(11-20)4-8-16/h1-10H,12H2,(H,21,22,23). The van der Waals surface area contributed by atoms with Crippen LogP contribution in [-0.4, -0.2) is 9.97 Å². The highest BCUT2D eigenvalue weighted by molar-refractivity contribution is 9.10. The molecular formula is C18H13BrN4O. The highest BCUT2D eigenvalue weighted by Crippen LogP contribution is 2.17. The Labute approximate surface area is 148 Å². The summed E-state index contributed by atoms with van der Waals surface area (Å²) in [5.74, 6) is 0.928. The highest BCUT2D eigenvalue weighted by atomic mass is 79.9. The maximum absolute atomic E-state index is 8.81. The van der Waals surface area contributed by atoms with E-state index in [2.05, 4.69) is 37.3 Å². The van der Waals surface area contributed by atoms with Gasteiger partial charge in [-0.2, -0.15) is 10.2 Å². The predicted molar refractivity (Wildman–Crippen MR) is 94.9 cm³/mol. The van der Waals surface area contributed by atoms with Crippen molar-refractivity contribution in [3.8, 4) is 11.9 Å². The Balaban J connectivity index is 1.65. The molecule has 1 heterocycles. The van der Waals surface area contributed by atoms with E-state index in [0.29, 0.717) is 24.0 Å². The summed E-state index contributed by atoms with van der Waals surface area (Å²) in [5.41, 5.74) is 2.46. The number of hydrogen-bond donors (Lipinski definition) is 1. The lowest BCUT2D eigenvalue weighted by Crippen LogP contribution is -2.01. The molecule has 0 aliphatic carbocycles. The molecule has 1 N–H and O–H groups in total. The summed E-state index contributed by atoms with van der Waals surface area (Å²) in [4.78, 5) is 8.49. The maximum atomic E-state index is 8.81. The van der Waals surface area contributed by atoms with E-state index in [1.54, 1.807) is 36.5 Å². The zero-order valence-corrected chi connectivity index (χ0v) is 14.2. The molecule has 0 saturated heterocycles. The predicted octanol–water partition coefficient (Wildman–Crippen LogP) is 4.43. The second kappa shape index (κ2) is 7.57. The minimum Gasteiger partial charge on any atom is -0.473 e. The summed E-state index contributed by atoms with van der Waals surface area (Å²) in [5, 5.41) is 11.9. The molecule has 3 rings (SSSR count). The molecule has 0 bridgehead atoms. The summed E-state index contributed by atoms with van der Waals surface area (Å²) in [6.45, 7) is 0.431. The fourth-order valence-electron chi connectivity index (χ4n) is 1.98. The largest absolute Gasteiger partial charge is 0.473 e. The van der Waals surface area contributed by atoms with Gasteiger partial charge < -0.3 is 10.1 Å². The number of benzene rings is 2. The van der Waals surface area contributed by atoms with Gasteiger partial charge in [-0.3, -0.25) is 0 Å². The molecule has 0 amide bonds. The Hall–Kier alpha value is -2.91. The second-order valence-corrected chi connectivity index (χ2v) is 5.86. The quantitative estimate of drug-likeness (QED) is 0.708. The van der Waals surface area contributed by atoms with Crippen LogP contribution in [0, 0.1) is 11.3 Å². The smallest absolute Gasteiger partial charge is 0.230 e. The van der Waals surface area contributed by atoms with E-state index in [0.717, 1.165) is 15.7 Å². The SMILES string of the molecule is N#Cc1ccc(Nc2nccc(OCc3ccc(Br)cc3)n2)cc1. The average Bonchev–Trinajstić information content (AvgIpc) is 2.62. The summed E-state index contributed by atoms with van der Waals surface area (Å²) in [6, 6.07) is 18.8. The molecule has 1 aromatic heterocycles. The number of ether oxygens (including phenoxy) is 1. The van der Waals surface area contributed by atoms with Crippen molar-refractivity contribution in [1.82, 2.24) is 9.97 Å². The number of hydrogen-bond acceptors (Lipinski definition) is 5. The maximum Gasteiger partial charge on any atom is 0.230 e. The molecule has 6 heteroatoms. The lowest BCUT2D eigenvalue weighted by atomic mass is 10.2. The Morgan fingerprint density at radius 3 is 2.50 bits per heavy atom. The summed E-state index contributed by atoms with van der Waals surface area (Å²) < 4.78 is 6.73. The molecule has 0 saturated carbocycles. The number of nitriles is 1. The lowest BCUT2D eigenvalue weighted by Gasteiger charge is -2.08. The zero-order chi connectivity index (χ0) is 16.8. The van der Waals surface area contributed by atoms with Gasteiger partial charge in [0.25, 0.3) is 0 Å². The van der Waals surface area contributed by atoms with Crippen LogP contribution in [0.3, 0.4) is 0 Å². The Morgan fingerprint density at radius 1 is 1.04 bits per heavy atom. The number of nitrogens with one attached hydrogen (secondary N) is 1. The first-order valence-corrected chi connectivity index (χ1v) is 8.00. The van der Waals surface area contributed by atoms with Gasteiger partial charge in [0.2, 0.25) is 11.8 Å². The molecular weight excluding hydrogens is 368 g/mol.